The third-order valence-electron chi connectivity index (χ3n) is 6.36. The minimum atomic E-state index is -2.72. The van der Waals surface area contributed by atoms with Crippen LogP contribution in [0.4, 0.5) is 14.5 Å². The molecule has 2 amide bonds. The number of carbonyl (C=O) groups is 2. The van der Waals surface area contributed by atoms with E-state index in [9.17, 15) is 23.2 Å². The fourth-order valence-electron chi connectivity index (χ4n) is 4.36. The number of aromatic nitrogens is 2. The molecule has 0 bridgehead atoms. The van der Waals surface area contributed by atoms with Crippen LogP contribution < -0.4 is 25.7 Å². The van der Waals surface area contributed by atoms with Crippen LogP contribution in [0.2, 0.25) is 5.02 Å². The van der Waals surface area contributed by atoms with Gasteiger partial charge in [0.15, 0.2) is 0 Å². The van der Waals surface area contributed by atoms with Gasteiger partial charge >= 0.3 is 0 Å². The van der Waals surface area contributed by atoms with Crippen molar-refractivity contribution < 1.29 is 37.3 Å². The lowest BCUT2D eigenvalue weighted by atomic mass is 10.0. The number of alkyl halides is 2. The summed E-state index contributed by atoms with van der Waals surface area (Å²) in [6.45, 7) is 0.105. The second-order valence-electron chi connectivity index (χ2n) is 9.16. The number of hydrogen-bond acceptors (Lipinski definition) is 8. The molecule has 224 valence electrons. The number of anilines is 1. The third-order valence-corrected chi connectivity index (χ3v) is 6.60. The molecular formula is C28H29ClF2N4O7. The minimum absolute atomic E-state index is 0.0740. The molecular weight excluding hydrogens is 578 g/mol. The summed E-state index contributed by atoms with van der Waals surface area (Å²) in [7, 11) is 2.84. The Balaban J connectivity index is 1.71. The van der Waals surface area contributed by atoms with Crippen LogP contribution in [-0.4, -0.2) is 74.5 Å². The number of pyridine rings is 2. The maximum absolute atomic E-state index is 13.6. The summed E-state index contributed by atoms with van der Waals surface area (Å²) < 4.78 is 49.0. The Morgan fingerprint density at radius 1 is 1.17 bits per heavy atom. The molecule has 1 aliphatic heterocycles. The molecule has 1 saturated heterocycles. The van der Waals surface area contributed by atoms with E-state index in [1.807, 2.05) is 0 Å². The topological polar surface area (TPSA) is 130 Å². The van der Waals surface area contributed by atoms with Gasteiger partial charge in [0, 0.05) is 35.7 Å². The van der Waals surface area contributed by atoms with Crippen molar-refractivity contribution in [3.05, 3.63) is 69.9 Å². The monoisotopic (exact) mass is 606 g/mol. The lowest BCUT2D eigenvalue weighted by Gasteiger charge is -2.28. The molecule has 14 heteroatoms. The number of methoxy groups -OCH3 is 1. The van der Waals surface area contributed by atoms with E-state index in [2.05, 4.69) is 15.6 Å². The number of nitrogens with one attached hydrogen (secondary N) is 2. The SMILES string of the molecule is CNC(=O)c1ccc(NC(=O)C(CC2COCCO2)n2cc(OC)c(-c3cc(Cl)ccc3OCC(F)F)cc2=O)cn1. The van der Waals surface area contributed by atoms with E-state index in [4.69, 9.17) is 30.5 Å². The molecule has 3 aromatic rings. The Morgan fingerprint density at radius 3 is 2.60 bits per heavy atom. The number of amides is 2. The number of benzene rings is 1. The quantitative estimate of drug-likeness (QED) is 0.339. The fourth-order valence-corrected chi connectivity index (χ4v) is 4.53. The number of halogens is 3. The van der Waals surface area contributed by atoms with Crippen molar-refractivity contribution in [1.29, 1.82) is 0 Å². The molecule has 2 unspecified atom stereocenters. The zero-order valence-electron chi connectivity index (χ0n) is 22.8. The largest absolute Gasteiger partial charge is 0.495 e. The summed E-state index contributed by atoms with van der Waals surface area (Å²) in [6, 6.07) is 7.46. The standard InChI is InChI=1S/C28H29ClF2N4O7/c1-32-27(37)21-5-4-17(12-33-21)34-28(38)22(10-18-14-40-7-8-41-18)35-13-24(39-2)20(11-26(35)36)19-9-16(29)3-6-23(19)42-15-25(30)31/h3-6,9,11-13,18,22,25H,7-8,10,14-15H2,1-2H3,(H,32,37)(H,34,38). The highest BCUT2D eigenvalue weighted by Crippen LogP contribution is 2.38. The van der Waals surface area contributed by atoms with Crippen LogP contribution in [0.3, 0.4) is 0 Å². The summed E-state index contributed by atoms with van der Waals surface area (Å²) >= 11 is 6.18. The van der Waals surface area contributed by atoms with Gasteiger partial charge < -0.3 is 29.6 Å². The van der Waals surface area contributed by atoms with E-state index in [-0.39, 0.29) is 52.3 Å². The van der Waals surface area contributed by atoms with E-state index in [0.29, 0.717) is 18.9 Å². The smallest absolute Gasteiger partial charge is 0.272 e. The Morgan fingerprint density at radius 2 is 1.95 bits per heavy atom. The molecule has 0 aliphatic carbocycles. The molecule has 0 saturated carbocycles. The molecule has 3 heterocycles. The van der Waals surface area contributed by atoms with Crippen molar-refractivity contribution >= 4 is 29.1 Å². The molecule has 1 fully saturated rings. The highest BCUT2D eigenvalue weighted by atomic mass is 35.5. The van der Waals surface area contributed by atoms with Gasteiger partial charge in [-0.15, -0.1) is 0 Å². The summed E-state index contributed by atoms with van der Waals surface area (Å²) in [5.41, 5.74) is 0.368. The van der Waals surface area contributed by atoms with Crippen molar-refractivity contribution in [1.82, 2.24) is 14.9 Å². The van der Waals surface area contributed by atoms with Crippen molar-refractivity contribution in [2.24, 2.45) is 0 Å². The summed E-state index contributed by atoms with van der Waals surface area (Å²) in [6.07, 6.45) is -0.437. The molecule has 4 rings (SSSR count). The van der Waals surface area contributed by atoms with Gasteiger partial charge in [0.1, 0.15) is 29.8 Å². The first-order valence-electron chi connectivity index (χ1n) is 12.9. The highest BCUT2D eigenvalue weighted by Gasteiger charge is 2.29. The van der Waals surface area contributed by atoms with Crippen molar-refractivity contribution in [2.45, 2.75) is 25.0 Å². The number of nitrogens with zero attached hydrogens (tertiary/aromatic N) is 2. The molecule has 42 heavy (non-hydrogen) atoms. The molecule has 2 aromatic heterocycles. The van der Waals surface area contributed by atoms with E-state index in [1.165, 1.54) is 67.5 Å². The minimum Gasteiger partial charge on any atom is -0.495 e. The summed E-state index contributed by atoms with van der Waals surface area (Å²) in [5, 5.41) is 5.48. The van der Waals surface area contributed by atoms with Crippen molar-refractivity contribution in [2.75, 3.05) is 45.9 Å². The zero-order chi connectivity index (χ0) is 30.2. The number of hydrogen-bond donors (Lipinski definition) is 2. The summed E-state index contributed by atoms with van der Waals surface area (Å²) in [5.74, 6) is -0.709. The third kappa shape index (κ3) is 7.60. The first-order valence-corrected chi connectivity index (χ1v) is 13.3. The average molecular weight is 607 g/mol. The second kappa shape index (κ2) is 14.2. The zero-order valence-corrected chi connectivity index (χ0v) is 23.5. The van der Waals surface area contributed by atoms with Gasteiger partial charge in [-0.1, -0.05) is 11.6 Å². The first kappa shape index (κ1) is 30.9. The van der Waals surface area contributed by atoms with Crippen molar-refractivity contribution in [3.63, 3.8) is 0 Å². The number of carbonyl (C=O) groups excluding carboxylic acids is 2. The van der Waals surface area contributed by atoms with Gasteiger partial charge in [-0.2, -0.15) is 0 Å². The van der Waals surface area contributed by atoms with Gasteiger partial charge in [-0.25, -0.2) is 13.8 Å². The van der Waals surface area contributed by atoms with Crippen LogP contribution in [-0.2, 0) is 14.3 Å². The summed E-state index contributed by atoms with van der Waals surface area (Å²) in [4.78, 5) is 43.0. The second-order valence-corrected chi connectivity index (χ2v) is 9.60. The van der Waals surface area contributed by atoms with Gasteiger partial charge in [0.2, 0.25) is 5.91 Å². The molecule has 1 aliphatic rings. The Hall–Kier alpha value is -4.07. The predicted octanol–water partition coefficient (Wildman–Crippen LogP) is 3.56. The van der Waals surface area contributed by atoms with E-state index in [1.54, 1.807) is 0 Å². The molecule has 2 N–H and O–H groups in total. The first-order chi connectivity index (χ1) is 20.2. The Labute approximate surface area is 244 Å². The molecule has 1 aromatic carbocycles. The Bertz CT molecular complexity index is 1460. The highest BCUT2D eigenvalue weighted by molar-refractivity contribution is 6.31. The average Bonchev–Trinajstić information content (AvgIpc) is 2.99. The molecule has 0 spiro atoms. The van der Waals surface area contributed by atoms with Gasteiger partial charge in [0.05, 0.1) is 51.1 Å². The lowest BCUT2D eigenvalue weighted by Crippen LogP contribution is -2.38. The fraction of sp³-hybridized carbons (Fsp3) is 0.357. The van der Waals surface area contributed by atoms with Gasteiger partial charge in [0.25, 0.3) is 17.9 Å². The number of ether oxygens (including phenoxy) is 4. The van der Waals surface area contributed by atoms with Crippen molar-refractivity contribution in [3.8, 4) is 22.6 Å². The molecule has 2 atom stereocenters. The molecule has 0 radical (unpaired) electrons. The normalized spacial score (nSPS) is 15.6. The lowest BCUT2D eigenvalue weighted by molar-refractivity contribution is -0.124. The van der Waals surface area contributed by atoms with Crippen LogP contribution in [0.25, 0.3) is 11.1 Å². The molecule has 11 nitrogen and oxygen atoms in total. The van der Waals surface area contributed by atoms with Crippen LogP contribution in [0.15, 0.2) is 53.6 Å². The van der Waals surface area contributed by atoms with Crippen LogP contribution >= 0.6 is 11.6 Å². The predicted molar refractivity (Wildman–Crippen MR) is 150 cm³/mol. The Kier molecular flexibility index (Phi) is 10.4. The van der Waals surface area contributed by atoms with Crippen LogP contribution in [0, 0.1) is 0 Å². The van der Waals surface area contributed by atoms with E-state index in [0.717, 1.165) is 0 Å². The van der Waals surface area contributed by atoms with Gasteiger partial charge in [-0.3, -0.25) is 19.0 Å². The van der Waals surface area contributed by atoms with Crippen LogP contribution in [0.1, 0.15) is 23.0 Å². The van der Waals surface area contributed by atoms with Crippen LogP contribution in [0.5, 0.6) is 11.5 Å². The maximum Gasteiger partial charge on any atom is 0.272 e. The maximum atomic E-state index is 13.6. The van der Waals surface area contributed by atoms with E-state index >= 15 is 0 Å². The number of rotatable bonds is 11. The van der Waals surface area contributed by atoms with Gasteiger partial charge in [-0.05, 0) is 30.3 Å². The van der Waals surface area contributed by atoms with E-state index < -0.39 is 36.6 Å².